The van der Waals surface area contributed by atoms with Crippen LogP contribution in [0.1, 0.15) is 284 Å². The quantitative estimate of drug-likeness (QED) is 0.0261. The Bertz CT molecular complexity index is 1830. The smallest absolute Gasteiger partial charge is 0.306 e. The van der Waals surface area contributed by atoms with Crippen LogP contribution in [0.25, 0.3) is 0 Å². The van der Waals surface area contributed by atoms with Crippen molar-refractivity contribution in [3.8, 4) is 0 Å². The fourth-order valence-corrected chi connectivity index (χ4v) is 8.72. The number of rotatable bonds is 59. The lowest BCUT2D eigenvalue weighted by Crippen LogP contribution is -2.30. The number of carbonyl (C=O) groups excluding carboxylic acids is 3. The molecule has 6 nitrogen and oxygen atoms in total. The molecule has 0 radical (unpaired) electrons. The van der Waals surface area contributed by atoms with Gasteiger partial charge in [0.1, 0.15) is 13.2 Å². The Kier molecular flexibility index (Phi) is 64.4. The molecule has 0 N–H and O–H groups in total. The standard InChI is InChI=1S/C76H122O6/c1-4-7-10-13-16-19-22-25-28-30-31-32-33-34-35-36-37-38-39-40-41-42-43-44-45-47-48-51-54-57-60-63-66-69-75(78)81-72-73(71-80-74(77)68-65-62-59-56-53-50-27-24-21-18-15-12-9-6-3)82-76(79)70-67-64-61-58-55-52-49-46-29-26-23-20-17-14-11-8-5-2/h7,10,15-16,18-19,24-29,31-32,34-35,37-38,40-41,43-44,47-48,54,57,73H,4-6,8-9,11-14,17,20-23,30,33,36,39,42,45-46,49-53,55-56,58-72H2,1-3H3/b10-7-,18-15-,19-16-,27-24-,28-25-,29-26-,32-31-,35-34-,38-37-,41-40-,44-43-,48-47-,57-54-. The van der Waals surface area contributed by atoms with Crippen LogP contribution in [0.2, 0.25) is 0 Å². The lowest BCUT2D eigenvalue weighted by molar-refractivity contribution is -0.167. The van der Waals surface area contributed by atoms with Crippen molar-refractivity contribution >= 4 is 17.9 Å². The van der Waals surface area contributed by atoms with Gasteiger partial charge in [0, 0.05) is 19.3 Å². The predicted molar refractivity (Wildman–Crippen MR) is 357 cm³/mol. The Labute approximate surface area is 505 Å². The van der Waals surface area contributed by atoms with Crippen molar-refractivity contribution in [3.05, 3.63) is 158 Å². The van der Waals surface area contributed by atoms with E-state index in [-0.39, 0.29) is 31.1 Å². The van der Waals surface area contributed by atoms with Crippen LogP contribution in [-0.2, 0) is 28.6 Å². The van der Waals surface area contributed by atoms with Gasteiger partial charge in [-0.25, -0.2) is 0 Å². The third-order valence-electron chi connectivity index (χ3n) is 13.7. The first kappa shape index (κ1) is 77.0. The zero-order chi connectivity index (χ0) is 59.2. The highest BCUT2D eigenvalue weighted by Gasteiger charge is 2.19. The van der Waals surface area contributed by atoms with E-state index in [1.165, 1.54) is 96.3 Å². The number of unbranched alkanes of at least 4 members (excludes halogenated alkanes) is 22. The van der Waals surface area contributed by atoms with Gasteiger partial charge in [-0.1, -0.05) is 275 Å². The van der Waals surface area contributed by atoms with Gasteiger partial charge in [0.25, 0.3) is 0 Å². The second-order valence-electron chi connectivity index (χ2n) is 21.6. The summed E-state index contributed by atoms with van der Waals surface area (Å²) in [4.78, 5) is 38.3. The Balaban J connectivity index is 4.42. The van der Waals surface area contributed by atoms with Gasteiger partial charge in [-0.2, -0.15) is 0 Å². The molecule has 1 unspecified atom stereocenters. The number of hydrogen-bond acceptors (Lipinski definition) is 6. The Morgan fingerprint density at radius 1 is 0.256 bits per heavy atom. The molecule has 1 atom stereocenters. The summed E-state index contributed by atoms with van der Waals surface area (Å²) >= 11 is 0. The van der Waals surface area contributed by atoms with E-state index in [2.05, 4.69) is 179 Å². The molecule has 0 spiro atoms. The highest BCUT2D eigenvalue weighted by molar-refractivity contribution is 5.71. The first-order valence-electron chi connectivity index (χ1n) is 33.5. The molecule has 0 aromatic carbocycles. The van der Waals surface area contributed by atoms with E-state index in [1.54, 1.807) is 0 Å². The normalized spacial score (nSPS) is 13.2. The molecular formula is C76H122O6. The molecule has 0 aliphatic carbocycles. The number of allylic oxidation sites excluding steroid dienone is 26. The van der Waals surface area contributed by atoms with Crippen molar-refractivity contribution < 1.29 is 28.6 Å². The summed E-state index contributed by atoms with van der Waals surface area (Å²) in [6.45, 7) is 6.43. The first-order chi connectivity index (χ1) is 40.5. The van der Waals surface area contributed by atoms with Crippen LogP contribution in [0.3, 0.4) is 0 Å². The molecule has 6 heteroatoms. The molecule has 0 aromatic heterocycles. The van der Waals surface area contributed by atoms with E-state index >= 15 is 0 Å². The lowest BCUT2D eigenvalue weighted by Gasteiger charge is -2.18. The second kappa shape index (κ2) is 68.5. The molecular weight excluding hydrogens is 1010 g/mol. The van der Waals surface area contributed by atoms with Crippen molar-refractivity contribution in [2.75, 3.05) is 13.2 Å². The van der Waals surface area contributed by atoms with Gasteiger partial charge in [-0.05, 0) is 148 Å². The van der Waals surface area contributed by atoms with Gasteiger partial charge < -0.3 is 14.2 Å². The summed E-state index contributed by atoms with van der Waals surface area (Å²) in [6, 6.07) is 0. The number of esters is 3. The van der Waals surface area contributed by atoms with Gasteiger partial charge in [0.2, 0.25) is 0 Å². The molecule has 462 valence electrons. The summed E-state index contributed by atoms with van der Waals surface area (Å²) in [6.07, 6.45) is 99.7. The fraction of sp³-hybridized carbons (Fsp3) is 0.618. The maximum absolute atomic E-state index is 12.9. The van der Waals surface area contributed by atoms with Crippen molar-refractivity contribution in [1.29, 1.82) is 0 Å². The molecule has 0 aliphatic rings. The lowest BCUT2D eigenvalue weighted by atomic mass is 10.1. The average molecular weight is 1130 g/mol. The minimum Gasteiger partial charge on any atom is -0.462 e. The minimum absolute atomic E-state index is 0.106. The second-order valence-corrected chi connectivity index (χ2v) is 21.6. The molecule has 0 fully saturated rings. The summed E-state index contributed by atoms with van der Waals surface area (Å²) < 4.78 is 16.9. The highest BCUT2D eigenvalue weighted by atomic mass is 16.6. The van der Waals surface area contributed by atoms with Crippen molar-refractivity contribution in [2.45, 2.75) is 290 Å². The van der Waals surface area contributed by atoms with Gasteiger partial charge in [0.05, 0.1) is 0 Å². The number of ether oxygens (including phenoxy) is 3. The molecule has 0 rings (SSSR count). The molecule has 0 saturated carbocycles. The van der Waals surface area contributed by atoms with Gasteiger partial charge in [0.15, 0.2) is 6.10 Å². The third-order valence-corrected chi connectivity index (χ3v) is 13.7. The number of carbonyl (C=O) groups is 3. The first-order valence-corrected chi connectivity index (χ1v) is 33.5. The molecule has 0 amide bonds. The molecule has 0 aromatic rings. The topological polar surface area (TPSA) is 78.9 Å². The van der Waals surface area contributed by atoms with Gasteiger partial charge in [-0.15, -0.1) is 0 Å². The monoisotopic (exact) mass is 1130 g/mol. The van der Waals surface area contributed by atoms with Gasteiger partial charge >= 0.3 is 17.9 Å². The zero-order valence-electron chi connectivity index (χ0n) is 52.9. The SMILES string of the molecule is CC/C=C\C/C=C\C/C=C\C/C=C\C/C=C\C/C=C\C/C=C\C/C=C\C/C=C\C/C=C\CCCCC(=O)OCC(COC(=O)CCCCCCC/C=C\C/C=C\CCCC)OC(=O)CCCCCCCCC/C=C\CCCCCCCC. The molecule has 0 aliphatic heterocycles. The van der Waals surface area contributed by atoms with Crippen LogP contribution in [0, 0.1) is 0 Å². The van der Waals surface area contributed by atoms with Crippen LogP contribution in [0.4, 0.5) is 0 Å². The van der Waals surface area contributed by atoms with Crippen LogP contribution < -0.4 is 0 Å². The van der Waals surface area contributed by atoms with E-state index < -0.39 is 6.10 Å². The molecule has 0 bridgehead atoms. The van der Waals surface area contributed by atoms with Crippen LogP contribution in [0.5, 0.6) is 0 Å². The van der Waals surface area contributed by atoms with Crippen molar-refractivity contribution in [3.63, 3.8) is 0 Å². The summed E-state index contributed by atoms with van der Waals surface area (Å²) in [5.41, 5.74) is 0. The third kappa shape index (κ3) is 65.8. The maximum atomic E-state index is 12.9. The fourth-order valence-electron chi connectivity index (χ4n) is 8.72. The van der Waals surface area contributed by atoms with E-state index in [0.29, 0.717) is 25.7 Å². The van der Waals surface area contributed by atoms with E-state index in [0.717, 1.165) is 141 Å². The molecule has 0 saturated heterocycles. The van der Waals surface area contributed by atoms with E-state index in [1.807, 2.05) is 0 Å². The largest absolute Gasteiger partial charge is 0.462 e. The number of hydrogen-bond donors (Lipinski definition) is 0. The Morgan fingerprint density at radius 2 is 0.488 bits per heavy atom. The summed E-state index contributed by atoms with van der Waals surface area (Å²) in [7, 11) is 0. The summed E-state index contributed by atoms with van der Waals surface area (Å²) in [5, 5.41) is 0. The van der Waals surface area contributed by atoms with E-state index in [9.17, 15) is 14.4 Å². The van der Waals surface area contributed by atoms with Crippen LogP contribution in [0.15, 0.2) is 158 Å². The van der Waals surface area contributed by atoms with Crippen LogP contribution >= 0.6 is 0 Å². The molecule has 82 heavy (non-hydrogen) atoms. The van der Waals surface area contributed by atoms with E-state index in [4.69, 9.17) is 14.2 Å². The molecule has 0 heterocycles. The van der Waals surface area contributed by atoms with Gasteiger partial charge in [-0.3, -0.25) is 14.4 Å². The Morgan fingerprint density at radius 3 is 0.817 bits per heavy atom. The zero-order valence-corrected chi connectivity index (χ0v) is 52.9. The van der Waals surface area contributed by atoms with Crippen molar-refractivity contribution in [1.82, 2.24) is 0 Å². The predicted octanol–water partition coefficient (Wildman–Crippen LogP) is 23.3. The maximum Gasteiger partial charge on any atom is 0.306 e. The highest BCUT2D eigenvalue weighted by Crippen LogP contribution is 2.14. The summed E-state index contributed by atoms with van der Waals surface area (Å²) in [5.74, 6) is -0.969. The van der Waals surface area contributed by atoms with Crippen LogP contribution in [-0.4, -0.2) is 37.2 Å². The minimum atomic E-state index is -0.812. The van der Waals surface area contributed by atoms with Crippen molar-refractivity contribution in [2.24, 2.45) is 0 Å². The average Bonchev–Trinajstić information content (AvgIpc) is 3.47. The Hall–Kier alpha value is -4.97.